The molecule has 0 saturated heterocycles. The SMILES string of the molecule is C#CCC/C(C)=C/C[CH2]. The zero-order valence-corrected chi connectivity index (χ0v) is 5.98. The van der Waals surface area contributed by atoms with Gasteiger partial charge in [0.15, 0.2) is 0 Å². The average Bonchev–Trinajstić information content (AvgIpc) is 1.85. The highest BCUT2D eigenvalue weighted by molar-refractivity contribution is 5.01. The molecule has 0 bridgehead atoms. The molecule has 9 heavy (non-hydrogen) atoms. The van der Waals surface area contributed by atoms with E-state index in [1.165, 1.54) is 5.57 Å². The number of allylic oxidation sites excluding steroid dienone is 2. The molecule has 0 aromatic carbocycles. The zero-order valence-electron chi connectivity index (χ0n) is 5.98. The second kappa shape index (κ2) is 5.44. The van der Waals surface area contributed by atoms with Crippen LogP contribution in [0.5, 0.6) is 0 Å². The molecule has 0 unspecified atom stereocenters. The lowest BCUT2D eigenvalue weighted by Gasteiger charge is -1.93. The van der Waals surface area contributed by atoms with Crippen LogP contribution in [0.3, 0.4) is 0 Å². The van der Waals surface area contributed by atoms with Crippen molar-refractivity contribution in [1.82, 2.24) is 0 Å². The molecule has 0 fully saturated rings. The largest absolute Gasteiger partial charge is 0.120 e. The summed E-state index contributed by atoms with van der Waals surface area (Å²) in [5.41, 5.74) is 1.35. The lowest BCUT2D eigenvalue weighted by Crippen LogP contribution is -1.74. The molecule has 0 heteroatoms. The quantitative estimate of drug-likeness (QED) is 0.397. The third kappa shape index (κ3) is 5.17. The van der Waals surface area contributed by atoms with E-state index in [1.807, 2.05) is 0 Å². The second-order valence-corrected chi connectivity index (χ2v) is 2.04. The first-order valence-corrected chi connectivity index (χ1v) is 3.19. The van der Waals surface area contributed by atoms with Crippen LogP contribution in [0.15, 0.2) is 11.6 Å². The maximum atomic E-state index is 5.08. The maximum absolute atomic E-state index is 5.08. The van der Waals surface area contributed by atoms with Gasteiger partial charge in [-0.15, -0.1) is 12.3 Å². The third-order valence-corrected chi connectivity index (χ3v) is 1.16. The Morgan fingerprint density at radius 3 is 2.89 bits per heavy atom. The van der Waals surface area contributed by atoms with Crippen LogP contribution in [-0.2, 0) is 0 Å². The summed E-state index contributed by atoms with van der Waals surface area (Å²) in [5.74, 6) is 2.60. The summed E-state index contributed by atoms with van der Waals surface area (Å²) < 4.78 is 0. The molecule has 0 amide bonds. The van der Waals surface area contributed by atoms with Gasteiger partial charge >= 0.3 is 0 Å². The van der Waals surface area contributed by atoms with Crippen LogP contribution in [0, 0.1) is 19.3 Å². The van der Waals surface area contributed by atoms with Gasteiger partial charge in [0.05, 0.1) is 0 Å². The molecule has 0 aliphatic heterocycles. The van der Waals surface area contributed by atoms with Crippen LogP contribution in [-0.4, -0.2) is 0 Å². The van der Waals surface area contributed by atoms with E-state index in [1.54, 1.807) is 0 Å². The van der Waals surface area contributed by atoms with Crippen molar-refractivity contribution >= 4 is 0 Å². The molecule has 0 aromatic rings. The summed E-state index contributed by atoms with van der Waals surface area (Å²) in [5, 5.41) is 0. The predicted octanol–water partition coefficient (Wildman–Crippen LogP) is 2.57. The fraction of sp³-hybridized carbons (Fsp3) is 0.444. The Kier molecular flexibility index (Phi) is 5.01. The van der Waals surface area contributed by atoms with Gasteiger partial charge in [-0.1, -0.05) is 11.6 Å². The van der Waals surface area contributed by atoms with Crippen LogP contribution in [0.4, 0.5) is 0 Å². The Labute approximate surface area is 58.0 Å². The van der Waals surface area contributed by atoms with Crippen molar-refractivity contribution in [2.45, 2.75) is 26.2 Å². The first kappa shape index (κ1) is 8.30. The molecular weight excluding hydrogens is 108 g/mol. The molecule has 0 heterocycles. The smallest absolute Gasteiger partial charge is 0.0123 e. The van der Waals surface area contributed by atoms with E-state index in [0.717, 1.165) is 19.3 Å². The normalized spacial score (nSPS) is 11.0. The molecule has 0 saturated carbocycles. The summed E-state index contributed by atoms with van der Waals surface area (Å²) in [6, 6.07) is 0. The molecule has 0 nitrogen and oxygen atoms in total. The van der Waals surface area contributed by atoms with Crippen molar-refractivity contribution in [1.29, 1.82) is 0 Å². The average molecular weight is 121 g/mol. The zero-order chi connectivity index (χ0) is 7.11. The predicted molar refractivity (Wildman–Crippen MR) is 41.8 cm³/mol. The molecule has 0 aromatic heterocycles. The molecule has 0 aliphatic rings. The Bertz CT molecular complexity index is 123. The van der Waals surface area contributed by atoms with Crippen molar-refractivity contribution in [3.63, 3.8) is 0 Å². The lowest BCUT2D eigenvalue weighted by atomic mass is 10.1. The van der Waals surface area contributed by atoms with E-state index in [9.17, 15) is 0 Å². The van der Waals surface area contributed by atoms with Crippen molar-refractivity contribution in [3.8, 4) is 12.3 Å². The highest BCUT2D eigenvalue weighted by Crippen LogP contribution is 2.02. The van der Waals surface area contributed by atoms with E-state index in [0.29, 0.717) is 0 Å². The van der Waals surface area contributed by atoms with Gasteiger partial charge in [0.1, 0.15) is 0 Å². The van der Waals surface area contributed by atoms with E-state index >= 15 is 0 Å². The van der Waals surface area contributed by atoms with Gasteiger partial charge in [0.25, 0.3) is 0 Å². The van der Waals surface area contributed by atoms with E-state index < -0.39 is 0 Å². The van der Waals surface area contributed by atoms with Gasteiger partial charge in [0.2, 0.25) is 0 Å². The van der Waals surface area contributed by atoms with Crippen molar-refractivity contribution in [2.75, 3.05) is 0 Å². The minimum Gasteiger partial charge on any atom is -0.120 e. The van der Waals surface area contributed by atoms with Gasteiger partial charge in [-0.05, 0) is 26.7 Å². The van der Waals surface area contributed by atoms with Crippen molar-refractivity contribution < 1.29 is 0 Å². The summed E-state index contributed by atoms with van der Waals surface area (Å²) in [6.45, 7) is 5.79. The van der Waals surface area contributed by atoms with Crippen LogP contribution in [0.2, 0.25) is 0 Å². The van der Waals surface area contributed by atoms with Crippen molar-refractivity contribution in [3.05, 3.63) is 18.6 Å². The molecule has 0 atom stereocenters. The summed E-state index contributed by atoms with van der Waals surface area (Å²) in [6.07, 6.45) is 9.93. The van der Waals surface area contributed by atoms with E-state index in [-0.39, 0.29) is 0 Å². The van der Waals surface area contributed by atoms with Crippen LogP contribution in [0.25, 0.3) is 0 Å². The summed E-state index contributed by atoms with van der Waals surface area (Å²) in [4.78, 5) is 0. The highest BCUT2D eigenvalue weighted by Gasteiger charge is 1.84. The highest BCUT2D eigenvalue weighted by atomic mass is 13.9. The maximum Gasteiger partial charge on any atom is 0.0123 e. The summed E-state index contributed by atoms with van der Waals surface area (Å²) >= 11 is 0. The van der Waals surface area contributed by atoms with Crippen LogP contribution >= 0.6 is 0 Å². The Hall–Kier alpha value is -0.700. The van der Waals surface area contributed by atoms with Gasteiger partial charge in [0, 0.05) is 6.42 Å². The van der Waals surface area contributed by atoms with Gasteiger partial charge in [-0.3, -0.25) is 0 Å². The number of hydrogen-bond donors (Lipinski definition) is 0. The minimum absolute atomic E-state index is 0.850. The van der Waals surface area contributed by atoms with E-state index in [4.69, 9.17) is 6.42 Å². The Morgan fingerprint density at radius 1 is 1.78 bits per heavy atom. The van der Waals surface area contributed by atoms with Crippen molar-refractivity contribution in [2.24, 2.45) is 0 Å². The standard InChI is InChI=1S/C9H13/c1-4-6-8-9(3)7-5-2/h1,7H,2,5-6,8H2,3H3/b9-7+. The van der Waals surface area contributed by atoms with Crippen LogP contribution in [0.1, 0.15) is 26.2 Å². The topological polar surface area (TPSA) is 0 Å². The van der Waals surface area contributed by atoms with Gasteiger partial charge in [-0.2, -0.15) is 0 Å². The number of hydrogen-bond acceptors (Lipinski definition) is 0. The molecule has 0 aliphatic carbocycles. The van der Waals surface area contributed by atoms with E-state index in [2.05, 4.69) is 25.8 Å². The van der Waals surface area contributed by atoms with Crippen LogP contribution < -0.4 is 0 Å². The number of rotatable bonds is 3. The number of terminal acetylenes is 1. The van der Waals surface area contributed by atoms with Gasteiger partial charge in [-0.25, -0.2) is 0 Å². The molecule has 49 valence electrons. The minimum atomic E-state index is 0.850. The fourth-order valence-electron chi connectivity index (χ4n) is 0.618. The summed E-state index contributed by atoms with van der Waals surface area (Å²) in [7, 11) is 0. The first-order valence-electron chi connectivity index (χ1n) is 3.19. The molecule has 1 radical (unpaired) electrons. The Morgan fingerprint density at radius 2 is 2.44 bits per heavy atom. The molecular formula is C9H13. The monoisotopic (exact) mass is 121 g/mol. The molecule has 0 spiro atoms. The fourth-order valence-corrected chi connectivity index (χ4v) is 0.618. The third-order valence-electron chi connectivity index (χ3n) is 1.16. The molecule has 0 N–H and O–H groups in total. The second-order valence-electron chi connectivity index (χ2n) is 2.04. The molecule has 0 rings (SSSR count). The Balaban J connectivity index is 3.40. The lowest BCUT2D eigenvalue weighted by molar-refractivity contribution is 0.991. The van der Waals surface area contributed by atoms with Gasteiger partial charge < -0.3 is 0 Å². The first-order chi connectivity index (χ1) is 4.31.